The molecule has 0 aliphatic heterocycles. The molecule has 0 fully saturated rings. The molecule has 0 aliphatic rings. The maximum absolute atomic E-state index is 12.4. The van der Waals surface area contributed by atoms with E-state index in [0.717, 1.165) is 5.56 Å². The van der Waals surface area contributed by atoms with E-state index >= 15 is 0 Å². The summed E-state index contributed by atoms with van der Waals surface area (Å²) in [4.78, 5) is 11.5. The van der Waals surface area contributed by atoms with Crippen LogP contribution >= 0.6 is 0 Å². The Balaban J connectivity index is 2.44. The zero-order valence-corrected chi connectivity index (χ0v) is 13.0. The van der Waals surface area contributed by atoms with Crippen molar-refractivity contribution in [2.45, 2.75) is 24.3 Å². The number of aryl methyl sites for hydroxylation is 1. The van der Waals surface area contributed by atoms with Crippen molar-refractivity contribution in [1.82, 2.24) is 0 Å². The Kier molecular flexibility index (Phi) is 4.35. The quantitative estimate of drug-likeness (QED) is 0.857. The zero-order valence-electron chi connectivity index (χ0n) is 12.2. The van der Waals surface area contributed by atoms with Gasteiger partial charge in [-0.2, -0.15) is 8.42 Å². The van der Waals surface area contributed by atoms with Gasteiger partial charge in [0, 0.05) is 0 Å². The summed E-state index contributed by atoms with van der Waals surface area (Å²) in [6.07, 6.45) is 0. The molecule has 0 heterocycles. The Bertz CT molecular complexity index is 766. The van der Waals surface area contributed by atoms with Crippen LogP contribution in [-0.4, -0.2) is 19.5 Å². The van der Waals surface area contributed by atoms with Crippen molar-refractivity contribution in [3.8, 4) is 0 Å². The molecule has 22 heavy (non-hydrogen) atoms. The van der Waals surface area contributed by atoms with Gasteiger partial charge in [0.05, 0.1) is 4.90 Å². The Hall–Kier alpha value is -2.18. The second kappa shape index (κ2) is 5.90. The first-order valence-corrected chi connectivity index (χ1v) is 7.98. The molecule has 116 valence electrons. The molecule has 0 radical (unpaired) electrons. The largest absolute Gasteiger partial charge is 0.479 e. The number of benzene rings is 2. The minimum atomic E-state index is -4.21. The first-order valence-electron chi connectivity index (χ1n) is 6.57. The Morgan fingerprint density at radius 3 is 2.09 bits per heavy atom. The summed E-state index contributed by atoms with van der Waals surface area (Å²) in [6.45, 7) is 3.04. The maximum atomic E-state index is 12.4. The highest BCUT2D eigenvalue weighted by Gasteiger charge is 2.41. The van der Waals surface area contributed by atoms with E-state index in [4.69, 9.17) is 4.18 Å². The molecule has 0 saturated heterocycles. The Labute approximate surface area is 129 Å². The van der Waals surface area contributed by atoms with Crippen molar-refractivity contribution in [2.75, 3.05) is 0 Å². The van der Waals surface area contributed by atoms with Crippen LogP contribution in [0.1, 0.15) is 18.1 Å². The monoisotopic (exact) mass is 320 g/mol. The van der Waals surface area contributed by atoms with Gasteiger partial charge in [0.15, 0.2) is 0 Å². The third kappa shape index (κ3) is 3.18. The van der Waals surface area contributed by atoms with Gasteiger partial charge in [-0.25, -0.2) is 8.98 Å². The van der Waals surface area contributed by atoms with E-state index in [1.54, 1.807) is 30.3 Å². The molecule has 0 aliphatic carbocycles. The molecule has 0 unspecified atom stereocenters. The molecule has 1 N–H and O–H groups in total. The first-order chi connectivity index (χ1) is 10.3. The van der Waals surface area contributed by atoms with Crippen molar-refractivity contribution in [2.24, 2.45) is 0 Å². The van der Waals surface area contributed by atoms with Crippen LogP contribution in [0.15, 0.2) is 59.5 Å². The number of carbonyl (C=O) groups is 1. The normalized spacial score (nSPS) is 14.3. The van der Waals surface area contributed by atoms with Crippen molar-refractivity contribution >= 4 is 16.1 Å². The number of aliphatic carboxylic acids is 1. The SMILES string of the molecule is Cc1ccc(S(=O)(=O)O[C@](C)(C(=O)O)c2ccccc2)cc1. The van der Waals surface area contributed by atoms with Gasteiger partial charge in [-0.1, -0.05) is 48.0 Å². The molecular formula is C16H16O5S. The summed E-state index contributed by atoms with van der Waals surface area (Å²) in [5.74, 6) is -1.38. The molecule has 0 spiro atoms. The van der Waals surface area contributed by atoms with Crippen LogP contribution in [0.5, 0.6) is 0 Å². The number of carboxylic acids is 1. The lowest BCUT2D eigenvalue weighted by molar-refractivity contribution is -0.154. The summed E-state index contributed by atoms with van der Waals surface area (Å²) in [5, 5.41) is 9.45. The summed E-state index contributed by atoms with van der Waals surface area (Å²) in [6, 6.07) is 14.0. The third-order valence-corrected chi connectivity index (χ3v) is 4.72. The van der Waals surface area contributed by atoms with Crippen molar-refractivity contribution in [1.29, 1.82) is 0 Å². The van der Waals surface area contributed by atoms with E-state index in [9.17, 15) is 18.3 Å². The molecule has 0 saturated carbocycles. The van der Waals surface area contributed by atoms with Gasteiger partial charge < -0.3 is 5.11 Å². The molecular weight excluding hydrogens is 304 g/mol. The predicted molar refractivity (Wildman–Crippen MR) is 80.9 cm³/mol. The number of rotatable bonds is 5. The summed E-state index contributed by atoms with van der Waals surface area (Å²) in [7, 11) is -4.21. The number of hydrogen-bond donors (Lipinski definition) is 1. The maximum Gasteiger partial charge on any atom is 0.341 e. The third-order valence-electron chi connectivity index (χ3n) is 3.32. The Morgan fingerprint density at radius 1 is 1.05 bits per heavy atom. The van der Waals surface area contributed by atoms with Crippen LogP contribution in [0.2, 0.25) is 0 Å². The molecule has 2 aromatic rings. The van der Waals surface area contributed by atoms with Crippen LogP contribution in [0.4, 0.5) is 0 Å². The van der Waals surface area contributed by atoms with E-state index in [1.807, 2.05) is 6.92 Å². The van der Waals surface area contributed by atoms with Crippen LogP contribution in [0.3, 0.4) is 0 Å². The lowest BCUT2D eigenvalue weighted by atomic mass is 9.97. The molecule has 0 bridgehead atoms. The number of hydrogen-bond acceptors (Lipinski definition) is 4. The summed E-state index contributed by atoms with van der Waals surface area (Å²) in [5.41, 5.74) is -0.855. The summed E-state index contributed by atoms with van der Waals surface area (Å²) >= 11 is 0. The van der Waals surface area contributed by atoms with Gasteiger partial charge in [0.25, 0.3) is 10.1 Å². The van der Waals surface area contributed by atoms with E-state index in [1.165, 1.54) is 31.2 Å². The second-order valence-corrected chi connectivity index (χ2v) is 6.60. The van der Waals surface area contributed by atoms with Gasteiger partial charge in [0.2, 0.25) is 5.60 Å². The molecule has 0 amide bonds. The highest BCUT2D eigenvalue weighted by molar-refractivity contribution is 7.86. The fourth-order valence-electron chi connectivity index (χ4n) is 1.94. The van der Waals surface area contributed by atoms with Gasteiger partial charge in [-0.3, -0.25) is 0 Å². The highest BCUT2D eigenvalue weighted by Crippen LogP contribution is 2.30. The second-order valence-electron chi connectivity index (χ2n) is 5.05. The molecule has 1 atom stereocenters. The molecule has 0 aromatic heterocycles. The van der Waals surface area contributed by atoms with E-state index in [2.05, 4.69) is 0 Å². The van der Waals surface area contributed by atoms with Crippen molar-refractivity contribution in [3.63, 3.8) is 0 Å². The van der Waals surface area contributed by atoms with Gasteiger partial charge in [0.1, 0.15) is 0 Å². The lowest BCUT2D eigenvalue weighted by Crippen LogP contribution is -2.37. The predicted octanol–water partition coefficient (Wildman–Crippen LogP) is 2.70. The standard InChI is InChI=1S/C16H16O5S/c1-12-8-10-14(11-9-12)22(19,20)21-16(2,15(17)18)13-6-4-3-5-7-13/h3-11H,1-2H3,(H,17,18)/t16-/m0/s1. The van der Waals surface area contributed by atoms with Crippen molar-refractivity contribution < 1.29 is 22.5 Å². The minimum absolute atomic E-state index is 0.0819. The van der Waals surface area contributed by atoms with Crippen molar-refractivity contribution in [3.05, 3.63) is 65.7 Å². The summed E-state index contributed by atoms with van der Waals surface area (Å²) < 4.78 is 29.8. The molecule has 5 nitrogen and oxygen atoms in total. The van der Waals surface area contributed by atoms with Gasteiger partial charge in [-0.05, 0) is 31.5 Å². The van der Waals surface area contributed by atoms with Crippen LogP contribution in [0.25, 0.3) is 0 Å². The zero-order chi connectivity index (χ0) is 16.4. The molecule has 2 aromatic carbocycles. The van der Waals surface area contributed by atoms with Gasteiger partial charge in [-0.15, -0.1) is 0 Å². The highest BCUT2D eigenvalue weighted by atomic mass is 32.2. The molecule has 2 rings (SSSR count). The van der Waals surface area contributed by atoms with Crippen LogP contribution in [0, 0.1) is 6.92 Å². The topological polar surface area (TPSA) is 80.7 Å². The Morgan fingerprint density at radius 2 is 1.59 bits per heavy atom. The lowest BCUT2D eigenvalue weighted by Gasteiger charge is -2.25. The average molecular weight is 320 g/mol. The number of carboxylic acid groups (broad SMARTS) is 1. The fraction of sp³-hybridized carbons (Fsp3) is 0.188. The molecule has 6 heteroatoms. The average Bonchev–Trinajstić information content (AvgIpc) is 2.48. The first kappa shape index (κ1) is 16.2. The van der Waals surface area contributed by atoms with Gasteiger partial charge >= 0.3 is 5.97 Å². The fourth-order valence-corrected chi connectivity index (χ4v) is 3.11. The van der Waals surface area contributed by atoms with Crippen LogP contribution < -0.4 is 0 Å². The van der Waals surface area contributed by atoms with E-state index < -0.39 is 21.7 Å². The van der Waals surface area contributed by atoms with E-state index in [-0.39, 0.29) is 10.5 Å². The minimum Gasteiger partial charge on any atom is -0.479 e. The smallest absolute Gasteiger partial charge is 0.341 e. The van der Waals surface area contributed by atoms with Crippen LogP contribution in [-0.2, 0) is 24.7 Å². The van der Waals surface area contributed by atoms with E-state index in [0.29, 0.717) is 0 Å².